The maximum absolute atomic E-state index is 14.2. The topological polar surface area (TPSA) is 108 Å². The smallest absolute Gasteiger partial charge is 0.400 e. The van der Waals surface area contributed by atoms with Gasteiger partial charge in [-0.2, -0.15) is 0 Å². The Morgan fingerprint density at radius 2 is 1.64 bits per heavy atom. The van der Waals surface area contributed by atoms with Crippen molar-refractivity contribution in [3.05, 3.63) is 67.9 Å². The number of carbonyl (C=O) groups excluding carboxylic acids is 2. The number of nitrogens with zero attached hydrogens (tertiary/aromatic N) is 2. The molecular weight excluding hydrogens is 648 g/mol. The lowest BCUT2D eigenvalue weighted by Crippen LogP contribution is -2.43. The molecule has 0 bridgehead atoms. The zero-order chi connectivity index (χ0) is 32.2. The third-order valence-electron chi connectivity index (χ3n) is 6.89. The quantitative estimate of drug-likeness (QED) is 0.109. The Kier molecular flexibility index (Phi) is 14.2. The van der Waals surface area contributed by atoms with Gasteiger partial charge in [-0.1, -0.05) is 92.0 Å². The molecule has 0 fully saturated rings. The molecule has 0 aliphatic carbocycles. The second-order valence-corrected chi connectivity index (χ2v) is 12.4. The lowest BCUT2D eigenvalue weighted by atomic mass is 10.0. The molecule has 0 radical (unpaired) electrons. The zero-order valence-corrected chi connectivity index (χ0v) is 28.1. The fourth-order valence-electron chi connectivity index (χ4n) is 4.71. The maximum Gasteiger partial charge on any atom is 0.412 e. The molecule has 13 heteroatoms. The molecule has 3 rings (SSSR count). The highest BCUT2D eigenvalue weighted by Gasteiger charge is 2.31. The van der Waals surface area contributed by atoms with E-state index in [1.165, 1.54) is 17.0 Å². The molecule has 0 saturated heterocycles. The summed E-state index contributed by atoms with van der Waals surface area (Å²) in [7, 11) is 0. The minimum absolute atomic E-state index is 0.0592. The molecule has 2 atom stereocenters. The van der Waals surface area contributed by atoms with Crippen LogP contribution in [0.4, 0.5) is 21.1 Å². The number of amides is 3. The number of unbranched alkanes of at least 4 members (excludes halogenated alkanes) is 4. The number of benzene rings is 2. The normalized spacial score (nSPS) is 12.4. The molecule has 0 saturated carbocycles. The summed E-state index contributed by atoms with van der Waals surface area (Å²) in [6, 6.07) is 10.8. The number of para-hydroxylation sites is 1. The molecule has 240 valence electrons. The zero-order valence-electron chi connectivity index (χ0n) is 25.1. The molecule has 0 spiro atoms. The average molecular weight is 687 g/mol. The van der Waals surface area contributed by atoms with Crippen LogP contribution in [0.2, 0.25) is 15.1 Å². The van der Waals surface area contributed by atoms with Crippen LogP contribution in [0.15, 0.2) is 47.3 Å². The summed E-state index contributed by atoms with van der Waals surface area (Å²) >= 11 is 25.3. The third kappa shape index (κ3) is 9.83. The number of aromatic nitrogens is 2. The fraction of sp³-hybridized carbons (Fsp3) is 0.452. The number of halogens is 4. The van der Waals surface area contributed by atoms with Crippen molar-refractivity contribution < 1.29 is 14.3 Å². The average Bonchev–Trinajstić information content (AvgIpc) is 3.26. The van der Waals surface area contributed by atoms with E-state index >= 15 is 0 Å². The van der Waals surface area contributed by atoms with E-state index in [1.54, 1.807) is 37.3 Å². The van der Waals surface area contributed by atoms with Crippen molar-refractivity contribution in [1.29, 1.82) is 0 Å². The van der Waals surface area contributed by atoms with Gasteiger partial charge in [-0.15, -0.1) is 11.6 Å². The first kappa shape index (κ1) is 35.6. The monoisotopic (exact) mass is 685 g/mol. The molecule has 0 aliphatic rings. The highest BCUT2D eigenvalue weighted by Crippen LogP contribution is 2.35. The Morgan fingerprint density at radius 3 is 2.25 bits per heavy atom. The SMILES string of the molecule is CCCCCCCC(CCC(C)Cl)NC(=O)N(c1ccccc1)c1[nH]n(-c2c(Cl)cc(Cl)cc2Cl)c(=O)c1OC(=O)NCC. The van der Waals surface area contributed by atoms with Crippen molar-refractivity contribution in [1.82, 2.24) is 20.4 Å². The van der Waals surface area contributed by atoms with Gasteiger partial charge >= 0.3 is 17.7 Å². The minimum Gasteiger partial charge on any atom is -0.400 e. The van der Waals surface area contributed by atoms with E-state index in [0.29, 0.717) is 18.5 Å². The Balaban J connectivity index is 2.11. The largest absolute Gasteiger partial charge is 0.412 e. The first-order valence-corrected chi connectivity index (χ1v) is 16.4. The van der Waals surface area contributed by atoms with E-state index in [-0.39, 0.29) is 44.5 Å². The second kappa shape index (κ2) is 17.6. The van der Waals surface area contributed by atoms with Gasteiger partial charge in [0.05, 0.1) is 15.7 Å². The van der Waals surface area contributed by atoms with Crippen LogP contribution in [0.25, 0.3) is 5.69 Å². The second-order valence-electron chi connectivity index (χ2n) is 10.4. The number of ether oxygens (including phenoxy) is 1. The van der Waals surface area contributed by atoms with Crippen molar-refractivity contribution in [2.45, 2.75) is 83.6 Å². The van der Waals surface area contributed by atoms with Gasteiger partial charge in [0.25, 0.3) is 0 Å². The van der Waals surface area contributed by atoms with E-state index in [2.05, 4.69) is 22.7 Å². The van der Waals surface area contributed by atoms with Gasteiger partial charge in [0.1, 0.15) is 5.69 Å². The lowest BCUT2D eigenvalue weighted by molar-refractivity contribution is 0.200. The lowest BCUT2D eigenvalue weighted by Gasteiger charge is -2.26. The Morgan fingerprint density at radius 1 is 0.977 bits per heavy atom. The van der Waals surface area contributed by atoms with Crippen LogP contribution < -0.4 is 25.8 Å². The van der Waals surface area contributed by atoms with Gasteiger partial charge in [0.2, 0.25) is 5.75 Å². The van der Waals surface area contributed by atoms with Crippen molar-refractivity contribution in [3.63, 3.8) is 0 Å². The predicted molar refractivity (Wildman–Crippen MR) is 180 cm³/mol. The molecule has 2 unspecified atom stereocenters. The number of hydrogen-bond acceptors (Lipinski definition) is 4. The number of carbonyl (C=O) groups is 2. The van der Waals surface area contributed by atoms with Crippen LogP contribution in [0.1, 0.15) is 72.1 Å². The van der Waals surface area contributed by atoms with Crippen LogP contribution in [0, 0.1) is 0 Å². The van der Waals surface area contributed by atoms with E-state index < -0.39 is 23.4 Å². The van der Waals surface area contributed by atoms with Crippen LogP contribution >= 0.6 is 46.4 Å². The summed E-state index contributed by atoms with van der Waals surface area (Å²) in [5.74, 6) is -0.526. The standard InChI is InChI=1S/C31H39Cl4N5O4/c1-4-6-7-8-10-13-22(17-16-20(3)32)37-30(42)39(23-14-11-9-12-15-23)28-27(44-31(43)36-5-2)29(41)40(38-28)26-24(34)18-21(33)19-25(26)35/h9,11-12,14-15,18-20,22,38H,4-8,10,13,16-17H2,1-3H3,(H,36,43)(H,37,42). The van der Waals surface area contributed by atoms with E-state index in [9.17, 15) is 14.4 Å². The van der Waals surface area contributed by atoms with Crippen molar-refractivity contribution in [3.8, 4) is 11.4 Å². The molecule has 9 nitrogen and oxygen atoms in total. The Hall–Kier alpha value is -2.85. The van der Waals surface area contributed by atoms with E-state index in [4.69, 9.17) is 51.1 Å². The maximum atomic E-state index is 14.2. The molecule has 3 amide bonds. The number of nitrogens with one attached hydrogen (secondary N) is 3. The van der Waals surface area contributed by atoms with E-state index in [0.717, 1.165) is 43.2 Å². The molecule has 3 aromatic rings. The van der Waals surface area contributed by atoms with Crippen molar-refractivity contribution in [2.75, 3.05) is 11.4 Å². The van der Waals surface area contributed by atoms with Crippen LogP contribution in [-0.2, 0) is 0 Å². The number of rotatable bonds is 15. The first-order chi connectivity index (χ1) is 21.1. The summed E-state index contributed by atoms with van der Waals surface area (Å²) in [6.45, 7) is 6.05. The molecule has 3 N–H and O–H groups in total. The van der Waals surface area contributed by atoms with Crippen LogP contribution in [0.5, 0.6) is 5.75 Å². The Labute approximate surface area is 278 Å². The molecule has 1 aromatic heterocycles. The van der Waals surface area contributed by atoms with Crippen molar-refractivity contribution >= 4 is 70.0 Å². The number of urea groups is 1. The number of aromatic amines is 1. The van der Waals surface area contributed by atoms with Crippen LogP contribution in [-0.4, -0.2) is 39.9 Å². The van der Waals surface area contributed by atoms with Gasteiger partial charge < -0.3 is 15.4 Å². The first-order valence-electron chi connectivity index (χ1n) is 14.8. The fourth-order valence-corrected chi connectivity index (χ4v) is 5.82. The molecule has 2 aromatic carbocycles. The highest BCUT2D eigenvalue weighted by molar-refractivity contribution is 6.40. The van der Waals surface area contributed by atoms with Crippen molar-refractivity contribution in [2.24, 2.45) is 0 Å². The summed E-state index contributed by atoms with van der Waals surface area (Å²) in [5.41, 5.74) is -0.307. The predicted octanol–water partition coefficient (Wildman–Crippen LogP) is 9.22. The summed E-state index contributed by atoms with van der Waals surface area (Å²) in [4.78, 5) is 41.8. The van der Waals surface area contributed by atoms with Crippen LogP contribution in [0.3, 0.4) is 0 Å². The minimum atomic E-state index is -0.875. The molecule has 0 aliphatic heterocycles. The number of anilines is 2. The summed E-state index contributed by atoms with van der Waals surface area (Å²) in [5, 5.41) is 8.90. The van der Waals surface area contributed by atoms with Gasteiger partial charge in [0.15, 0.2) is 5.82 Å². The molecule has 1 heterocycles. The number of hydrogen-bond donors (Lipinski definition) is 3. The van der Waals surface area contributed by atoms with Gasteiger partial charge in [0, 0.05) is 23.0 Å². The van der Waals surface area contributed by atoms with Gasteiger partial charge in [-0.3, -0.25) is 9.89 Å². The number of alkyl halides is 1. The Bertz CT molecular complexity index is 1420. The summed E-state index contributed by atoms with van der Waals surface area (Å²) < 4.78 is 6.52. The number of H-pyrrole nitrogens is 1. The molecule has 44 heavy (non-hydrogen) atoms. The molecular formula is C31H39Cl4N5O4. The third-order valence-corrected chi connectivity index (χ3v) is 7.90. The van der Waals surface area contributed by atoms with Gasteiger partial charge in [-0.25, -0.2) is 19.2 Å². The summed E-state index contributed by atoms with van der Waals surface area (Å²) in [6.07, 6.45) is 6.70. The highest BCUT2D eigenvalue weighted by atomic mass is 35.5. The van der Waals surface area contributed by atoms with Gasteiger partial charge in [-0.05, 0) is 57.4 Å². The van der Waals surface area contributed by atoms with E-state index in [1.807, 2.05) is 6.92 Å².